The molecule has 0 amide bonds. The smallest absolute Gasteiger partial charge is 0.336 e. The number of halogens is 2. The first-order chi connectivity index (χ1) is 11.5. The van der Waals surface area contributed by atoms with Crippen LogP contribution in [0.15, 0.2) is 42.5 Å². The molecule has 3 rings (SSSR count). The number of benzene rings is 2. The molecule has 2 aromatic carbocycles. The number of aromatic carboxylic acids is 1. The number of carboxylic acids is 1. The van der Waals surface area contributed by atoms with E-state index in [0.29, 0.717) is 11.4 Å². The van der Waals surface area contributed by atoms with Crippen molar-refractivity contribution in [3.05, 3.63) is 65.4 Å². The van der Waals surface area contributed by atoms with E-state index < -0.39 is 11.8 Å². The van der Waals surface area contributed by atoms with Crippen LogP contribution in [0.4, 0.5) is 8.78 Å². The standard InChI is InChI=1S/C18H13F2NO2S/c1-2-14-16(10-6-8-11(19)9-7-10)24-17(21-14)15-12(18(22)23)4-3-5-13(15)20/h3-9H,2H2,1H3,(H,22,23). The van der Waals surface area contributed by atoms with Gasteiger partial charge < -0.3 is 5.11 Å². The van der Waals surface area contributed by atoms with E-state index in [0.717, 1.165) is 16.1 Å². The van der Waals surface area contributed by atoms with Gasteiger partial charge in [-0.1, -0.05) is 25.1 Å². The summed E-state index contributed by atoms with van der Waals surface area (Å²) in [5.41, 5.74) is 1.35. The van der Waals surface area contributed by atoms with Crippen molar-refractivity contribution in [2.75, 3.05) is 0 Å². The van der Waals surface area contributed by atoms with Crippen LogP contribution in [0.2, 0.25) is 0 Å². The van der Waals surface area contributed by atoms with Gasteiger partial charge in [0.25, 0.3) is 0 Å². The van der Waals surface area contributed by atoms with Crippen molar-refractivity contribution in [2.24, 2.45) is 0 Å². The van der Waals surface area contributed by atoms with Crippen LogP contribution >= 0.6 is 11.3 Å². The molecule has 0 saturated heterocycles. The zero-order valence-electron chi connectivity index (χ0n) is 12.7. The average Bonchev–Trinajstić information content (AvgIpc) is 2.99. The summed E-state index contributed by atoms with van der Waals surface area (Å²) in [6.45, 7) is 1.91. The molecule has 3 nitrogen and oxygen atoms in total. The largest absolute Gasteiger partial charge is 0.478 e. The third kappa shape index (κ3) is 2.92. The Bertz CT molecular complexity index is 904. The summed E-state index contributed by atoms with van der Waals surface area (Å²) >= 11 is 1.20. The lowest BCUT2D eigenvalue weighted by molar-refractivity contribution is 0.0697. The lowest BCUT2D eigenvalue weighted by Gasteiger charge is -2.03. The molecule has 0 spiro atoms. The minimum absolute atomic E-state index is 0.0157. The number of aromatic nitrogens is 1. The number of rotatable bonds is 4. The molecule has 24 heavy (non-hydrogen) atoms. The molecule has 1 heterocycles. The van der Waals surface area contributed by atoms with Gasteiger partial charge >= 0.3 is 5.97 Å². The first-order valence-electron chi connectivity index (χ1n) is 7.29. The van der Waals surface area contributed by atoms with Crippen molar-refractivity contribution in [3.63, 3.8) is 0 Å². The predicted octanol–water partition coefficient (Wildman–Crippen LogP) is 5.02. The Morgan fingerprint density at radius 2 is 1.88 bits per heavy atom. The highest BCUT2D eigenvalue weighted by Crippen LogP contribution is 2.38. The zero-order valence-corrected chi connectivity index (χ0v) is 13.5. The second-order valence-corrected chi connectivity index (χ2v) is 6.12. The second-order valence-electron chi connectivity index (χ2n) is 5.12. The van der Waals surface area contributed by atoms with Crippen molar-refractivity contribution >= 4 is 17.3 Å². The summed E-state index contributed by atoms with van der Waals surface area (Å²) in [5, 5.41) is 9.61. The van der Waals surface area contributed by atoms with Crippen molar-refractivity contribution in [1.29, 1.82) is 0 Å². The van der Waals surface area contributed by atoms with Gasteiger partial charge in [-0.05, 0) is 36.2 Å². The quantitative estimate of drug-likeness (QED) is 0.723. The van der Waals surface area contributed by atoms with E-state index >= 15 is 0 Å². The molecule has 3 aromatic rings. The third-order valence-corrected chi connectivity index (χ3v) is 4.76. The SMILES string of the molecule is CCc1nc(-c2c(F)cccc2C(=O)O)sc1-c1ccc(F)cc1. The number of hydrogen-bond acceptors (Lipinski definition) is 3. The van der Waals surface area contributed by atoms with Gasteiger partial charge in [-0.15, -0.1) is 11.3 Å². The van der Waals surface area contributed by atoms with Crippen LogP contribution in [0.1, 0.15) is 23.0 Å². The lowest BCUT2D eigenvalue weighted by atomic mass is 10.1. The average molecular weight is 345 g/mol. The summed E-state index contributed by atoms with van der Waals surface area (Å²) in [6, 6.07) is 9.88. The highest BCUT2D eigenvalue weighted by Gasteiger charge is 2.21. The van der Waals surface area contributed by atoms with E-state index in [2.05, 4.69) is 4.98 Å². The van der Waals surface area contributed by atoms with Crippen LogP contribution in [-0.4, -0.2) is 16.1 Å². The number of nitrogens with zero attached hydrogens (tertiary/aromatic N) is 1. The summed E-state index contributed by atoms with van der Waals surface area (Å²) in [6.07, 6.45) is 0.597. The number of hydrogen-bond donors (Lipinski definition) is 1. The molecule has 1 aromatic heterocycles. The summed E-state index contributed by atoms with van der Waals surface area (Å²) in [5.74, 6) is -2.18. The number of carboxylic acid groups (broad SMARTS) is 1. The van der Waals surface area contributed by atoms with E-state index in [1.165, 1.54) is 41.7 Å². The van der Waals surface area contributed by atoms with Crippen LogP contribution < -0.4 is 0 Å². The van der Waals surface area contributed by atoms with E-state index in [9.17, 15) is 18.7 Å². The Morgan fingerprint density at radius 1 is 1.17 bits per heavy atom. The molecule has 0 radical (unpaired) electrons. The molecule has 6 heteroatoms. The van der Waals surface area contributed by atoms with Crippen LogP contribution in [0, 0.1) is 11.6 Å². The molecule has 0 aliphatic carbocycles. The van der Waals surface area contributed by atoms with Crippen molar-refractivity contribution in [1.82, 2.24) is 4.98 Å². The van der Waals surface area contributed by atoms with Gasteiger partial charge in [-0.2, -0.15) is 0 Å². The molecule has 0 aliphatic heterocycles. The van der Waals surface area contributed by atoms with Gasteiger partial charge in [0, 0.05) is 0 Å². The second kappa shape index (κ2) is 6.49. The predicted molar refractivity (Wildman–Crippen MR) is 89.2 cm³/mol. The number of carbonyl (C=O) groups is 1. The van der Waals surface area contributed by atoms with Gasteiger partial charge in [-0.3, -0.25) is 0 Å². The van der Waals surface area contributed by atoms with Crippen LogP contribution in [0.25, 0.3) is 21.0 Å². The molecule has 0 fully saturated rings. The van der Waals surface area contributed by atoms with Crippen molar-refractivity contribution in [3.8, 4) is 21.0 Å². The maximum Gasteiger partial charge on any atom is 0.336 e. The zero-order chi connectivity index (χ0) is 17.3. The summed E-state index contributed by atoms with van der Waals surface area (Å²) < 4.78 is 27.4. The maximum atomic E-state index is 14.3. The van der Waals surface area contributed by atoms with Gasteiger partial charge in [0.05, 0.1) is 21.7 Å². The Balaban J connectivity index is 2.18. The van der Waals surface area contributed by atoms with Gasteiger partial charge in [-0.25, -0.2) is 18.6 Å². The lowest BCUT2D eigenvalue weighted by Crippen LogP contribution is -2.01. The fourth-order valence-electron chi connectivity index (χ4n) is 2.44. The molecule has 0 unspecified atom stereocenters. The maximum absolute atomic E-state index is 14.3. The van der Waals surface area contributed by atoms with E-state index in [-0.39, 0.29) is 16.9 Å². The van der Waals surface area contributed by atoms with Gasteiger partial charge in [0.2, 0.25) is 0 Å². The topological polar surface area (TPSA) is 50.2 Å². The molecule has 0 atom stereocenters. The van der Waals surface area contributed by atoms with E-state index in [1.54, 1.807) is 12.1 Å². The Morgan fingerprint density at radius 3 is 2.50 bits per heavy atom. The Hall–Kier alpha value is -2.60. The normalized spacial score (nSPS) is 10.8. The minimum atomic E-state index is -1.21. The summed E-state index contributed by atoms with van der Waals surface area (Å²) in [7, 11) is 0. The number of aryl methyl sites for hydroxylation is 1. The van der Waals surface area contributed by atoms with E-state index in [1.807, 2.05) is 6.92 Å². The first kappa shape index (κ1) is 16.3. The van der Waals surface area contributed by atoms with Crippen LogP contribution in [-0.2, 0) is 6.42 Å². The fourth-order valence-corrected chi connectivity index (χ4v) is 3.67. The molecule has 1 N–H and O–H groups in total. The van der Waals surface area contributed by atoms with Crippen LogP contribution in [0.3, 0.4) is 0 Å². The fraction of sp³-hybridized carbons (Fsp3) is 0.111. The first-order valence-corrected chi connectivity index (χ1v) is 8.10. The van der Waals surface area contributed by atoms with Gasteiger partial charge in [0.1, 0.15) is 16.6 Å². The Labute approximate surface area is 141 Å². The number of thiazole rings is 1. The summed E-state index contributed by atoms with van der Waals surface area (Å²) in [4.78, 5) is 16.6. The minimum Gasteiger partial charge on any atom is -0.478 e. The van der Waals surface area contributed by atoms with E-state index in [4.69, 9.17) is 0 Å². The highest BCUT2D eigenvalue weighted by molar-refractivity contribution is 7.18. The molecular weight excluding hydrogens is 332 g/mol. The molecular formula is C18H13F2NO2S. The highest BCUT2D eigenvalue weighted by atomic mass is 32.1. The monoisotopic (exact) mass is 345 g/mol. The Kier molecular flexibility index (Phi) is 4.40. The van der Waals surface area contributed by atoms with Gasteiger partial charge in [0.15, 0.2) is 0 Å². The molecule has 0 saturated carbocycles. The molecule has 0 bridgehead atoms. The van der Waals surface area contributed by atoms with Crippen LogP contribution in [0.5, 0.6) is 0 Å². The molecule has 122 valence electrons. The van der Waals surface area contributed by atoms with Crippen molar-refractivity contribution < 1.29 is 18.7 Å². The third-order valence-electron chi connectivity index (χ3n) is 3.60. The van der Waals surface area contributed by atoms with Crippen molar-refractivity contribution in [2.45, 2.75) is 13.3 Å². The molecule has 0 aliphatic rings.